The van der Waals surface area contributed by atoms with E-state index in [9.17, 15) is 9.90 Å². The quantitative estimate of drug-likeness (QED) is 0.145. The van der Waals surface area contributed by atoms with E-state index in [4.69, 9.17) is 9.84 Å². The number of hydrogen-bond acceptors (Lipinski definition) is 3. The molecule has 0 radical (unpaired) electrons. The van der Waals surface area contributed by atoms with E-state index in [0.717, 1.165) is 51.4 Å². The summed E-state index contributed by atoms with van der Waals surface area (Å²) < 4.78 is 7.21. The first-order valence-corrected chi connectivity index (χ1v) is 15.5. The van der Waals surface area contributed by atoms with Crippen molar-refractivity contribution in [2.75, 3.05) is 0 Å². The van der Waals surface area contributed by atoms with E-state index in [-0.39, 0.29) is 17.1 Å². The molecule has 0 spiro atoms. The molecule has 1 heterocycles. The molecular formula is C34H58O4. The number of aliphatic hydroxyl groups is 1. The van der Waals surface area contributed by atoms with Crippen LogP contribution in [0.3, 0.4) is 0 Å². The lowest BCUT2D eigenvalue weighted by Crippen LogP contribution is -2.53. The Morgan fingerprint density at radius 1 is 1.18 bits per heavy atom. The van der Waals surface area contributed by atoms with Gasteiger partial charge in [0.1, 0.15) is 0 Å². The predicted molar refractivity (Wildman–Crippen MR) is 159 cm³/mol. The van der Waals surface area contributed by atoms with Crippen molar-refractivity contribution in [3.05, 3.63) is 34.9 Å². The molecule has 4 nitrogen and oxygen atoms in total. The van der Waals surface area contributed by atoms with Gasteiger partial charge in [-0.3, -0.25) is 4.79 Å². The van der Waals surface area contributed by atoms with Crippen LogP contribution in [-0.4, -0.2) is 33.0 Å². The maximum Gasteiger partial charge on any atom is 0.306 e. The Hall–Kier alpha value is -1.39. The van der Waals surface area contributed by atoms with Crippen molar-refractivity contribution in [2.24, 2.45) is 11.8 Å². The normalized spacial score (nSPS) is 28.2. The Labute approximate surface area is 234 Å². The van der Waals surface area contributed by atoms with E-state index in [0.29, 0.717) is 25.2 Å². The number of carbonyl (C=O) groups is 1. The Bertz CT molecular complexity index is 851. The van der Waals surface area contributed by atoms with Gasteiger partial charge >= 0.3 is 5.97 Å². The van der Waals surface area contributed by atoms with Crippen molar-refractivity contribution in [3.8, 4) is 0 Å². The Morgan fingerprint density at radius 3 is 2.61 bits per heavy atom. The van der Waals surface area contributed by atoms with Crippen LogP contribution in [0, 0.1) is 11.8 Å². The number of allylic oxidation sites excluding steroid dienone is 4. The molecule has 1 aliphatic heterocycles. The number of unbranched alkanes of at least 4 members (excludes halogenated alkanes) is 3. The second-order valence-corrected chi connectivity index (χ2v) is 13.1. The summed E-state index contributed by atoms with van der Waals surface area (Å²) in [7, 11) is 0. The minimum absolute atomic E-state index is 0.0784. The first-order chi connectivity index (χ1) is 17.8. The zero-order valence-electron chi connectivity index (χ0n) is 25.7. The summed E-state index contributed by atoms with van der Waals surface area (Å²) in [5, 5.41) is 19.7. The first-order valence-electron chi connectivity index (χ1n) is 15.5. The van der Waals surface area contributed by atoms with Gasteiger partial charge in [0, 0.05) is 5.92 Å². The van der Waals surface area contributed by atoms with Crippen molar-refractivity contribution in [1.82, 2.24) is 0 Å². The van der Waals surface area contributed by atoms with Gasteiger partial charge in [-0.15, -0.1) is 0 Å². The number of carboxylic acids is 1. The van der Waals surface area contributed by atoms with Gasteiger partial charge in [-0.1, -0.05) is 75.8 Å². The molecule has 4 heteroatoms. The monoisotopic (exact) mass is 530 g/mol. The van der Waals surface area contributed by atoms with Crippen LogP contribution in [0.1, 0.15) is 145 Å². The lowest BCUT2D eigenvalue weighted by molar-refractivity contribution is -0.178. The second kappa shape index (κ2) is 14.8. The maximum absolute atomic E-state index is 11.0. The van der Waals surface area contributed by atoms with Crippen molar-refractivity contribution in [2.45, 2.75) is 162 Å². The highest BCUT2D eigenvalue weighted by Gasteiger charge is 2.50. The molecule has 0 amide bonds. The van der Waals surface area contributed by atoms with Crippen LogP contribution in [0.25, 0.3) is 0 Å². The third kappa shape index (κ3) is 9.66. The highest BCUT2D eigenvalue weighted by molar-refractivity contribution is 5.69. The Balaban J connectivity index is 1.86. The molecule has 2 aliphatic rings. The van der Waals surface area contributed by atoms with Gasteiger partial charge in [-0.25, -0.2) is 0 Å². The van der Waals surface area contributed by atoms with E-state index in [1.807, 2.05) is 6.92 Å². The van der Waals surface area contributed by atoms with Gasteiger partial charge in [-0.05, 0) is 104 Å². The van der Waals surface area contributed by atoms with E-state index >= 15 is 0 Å². The molecular weight excluding hydrogens is 472 g/mol. The molecule has 0 aromatic heterocycles. The SMILES string of the molecule is CCCCCCC12OC(C)(CCC/C(C)=C/CCC(C)(O)CCCC(C)C(=O)O)CCC1=CC=C(C)C2C. The molecule has 0 bridgehead atoms. The van der Waals surface area contributed by atoms with Crippen LogP contribution in [-0.2, 0) is 9.53 Å². The van der Waals surface area contributed by atoms with Crippen LogP contribution in [0.15, 0.2) is 34.9 Å². The van der Waals surface area contributed by atoms with Gasteiger partial charge < -0.3 is 14.9 Å². The van der Waals surface area contributed by atoms with Crippen LogP contribution in [0.5, 0.6) is 0 Å². The van der Waals surface area contributed by atoms with Crippen molar-refractivity contribution >= 4 is 5.97 Å². The lowest BCUT2D eigenvalue weighted by Gasteiger charge is -2.53. The Morgan fingerprint density at radius 2 is 1.92 bits per heavy atom. The van der Waals surface area contributed by atoms with E-state index in [1.54, 1.807) is 6.92 Å². The average molecular weight is 531 g/mol. The fraction of sp³-hybridized carbons (Fsp3) is 0.794. The summed E-state index contributed by atoms with van der Waals surface area (Å²) >= 11 is 0. The third-order valence-electron chi connectivity index (χ3n) is 9.45. The van der Waals surface area contributed by atoms with Crippen molar-refractivity contribution in [1.29, 1.82) is 0 Å². The van der Waals surface area contributed by atoms with Crippen LogP contribution >= 0.6 is 0 Å². The molecule has 2 N–H and O–H groups in total. The lowest BCUT2D eigenvalue weighted by atomic mass is 9.67. The fourth-order valence-electron chi connectivity index (χ4n) is 6.43. The zero-order valence-corrected chi connectivity index (χ0v) is 25.7. The molecule has 0 saturated carbocycles. The summed E-state index contributed by atoms with van der Waals surface area (Å²) in [6.45, 7) is 15.1. The van der Waals surface area contributed by atoms with Gasteiger partial charge in [0.05, 0.1) is 22.7 Å². The average Bonchev–Trinajstić information content (AvgIpc) is 2.84. The highest BCUT2D eigenvalue weighted by atomic mass is 16.5. The summed E-state index contributed by atoms with van der Waals surface area (Å²) in [6, 6.07) is 0. The molecule has 2 rings (SSSR count). The van der Waals surface area contributed by atoms with Gasteiger partial charge in [-0.2, -0.15) is 0 Å². The third-order valence-corrected chi connectivity index (χ3v) is 9.45. The molecule has 5 atom stereocenters. The van der Waals surface area contributed by atoms with Gasteiger partial charge in [0.25, 0.3) is 0 Å². The number of carboxylic acid groups (broad SMARTS) is 1. The minimum Gasteiger partial charge on any atom is -0.481 e. The number of fused-ring (bicyclic) bond motifs is 1. The first kappa shape index (κ1) is 32.8. The summed E-state index contributed by atoms with van der Waals surface area (Å²) in [6.07, 6.45) is 22.3. The number of hydrogen-bond donors (Lipinski definition) is 2. The standard InChI is InChI=1S/C34H58O4/c1-8-9-10-11-24-34-29(5)27(3)18-19-30(34)20-25-33(7,38-34)23-13-16-26(2)15-12-21-32(6,37)22-14-17-28(4)31(35)36/h15,18-19,28-29,37H,8-14,16-17,20-25H2,1-7H3,(H,35,36)/b26-15+. The molecule has 0 aromatic rings. The molecule has 5 unspecified atom stereocenters. The predicted octanol–water partition coefficient (Wildman–Crippen LogP) is 9.33. The van der Waals surface area contributed by atoms with E-state index < -0.39 is 11.6 Å². The molecule has 0 aromatic carbocycles. The number of aliphatic carboxylic acids is 1. The van der Waals surface area contributed by atoms with Crippen LogP contribution < -0.4 is 0 Å². The maximum atomic E-state index is 11.0. The molecule has 1 saturated heterocycles. The topological polar surface area (TPSA) is 66.8 Å². The summed E-state index contributed by atoms with van der Waals surface area (Å²) in [5.74, 6) is -0.663. The number of rotatable bonds is 17. The van der Waals surface area contributed by atoms with E-state index in [1.165, 1.54) is 42.4 Å². The minimum atomic E-state index is -0.755. The fourth-order valence-corrected chi connectivity index (χ4v) is 6.43. The molecule has 218 valence electrons. The highest BCUT2D eigenvalue weighted by Crippen LogP contribution is 2.51. The van der Waals surface area contributed by atoms with Crippen LogP contribution in [0.4, 0.5) is 0 Å². The second-order valence-electron chi connectivity index (χ2n) is 13.1. The Kier molecular flexibility index (Phi) is 12.8. The van der Waals surface area contributed by atoms with E-state index in [2.05, 4.69) is 52.8 Å². The molecule has 1 aliphatic carbocycles. The molecule has 1 fully saturated rings. The van der Waals surface area contributed by atoms with Gasteiger partial charge in [0.15, 0.2) is 0 Å². The van der Waals surface area contributed by atoms with Crippen molar-refractivity contribution in [3.63, 3.8) is 0 Å². The summed E-state index contributed by atoms with van der Waals surface area (Å²) in [4.78, 5) is 11.0. The zero-order chi connectivity index (χ0) is 28.4. The largest absolute Gasteiger partial charge is 0.481 e. The van der Waals surface area contributed by atoms with Gasteiger partial charge in [0.2, 0.25) is 0 Å². The molecule has 38 heavy (non-hydrogen) atoms. The number of ether oxygens (including phenoxy) is 1. The summed E-state index contributed by atoms with van der Waals surface area (Å²) in [5.41, 5.74) is 3.41. The smallest absolute Gasteiger partial charge is 0.306 e. The van der Waals surface area contributed by atoms with Crippen LogP contribution in [0.2, 0.25) is 0 Å². The van der Waals surface area contributed by atoms with Crippen molar-refractivity contribution < 1.29 is 19.7 Å².